The number of ether oxygens (including phenoxy) is 2. The number of benzene rings is 1. The summed E-state index contributed by atoms with van der Waals surface area (Å²) in [6, 6.07) is 10.2. The van der Waals surface area contributed by atoms with E-state index in [0.717, 1.165) is 24.8 Å². The van der Waals surface area contributed by atoms with Crippen molar-refractivity contribution in [3.8, 4) is 0 Å². The van der Waals surface area contributed by atoms with E-state index in [1.165, 1.54) is 0 Å². The van der Waals surface area contributed by atoms with Gasteiger partial charge < -0.3 is 19.0 Å². The molecule has 3 fully saturated rings. The summed E-state index contributed by atoms with van der Waals surface area (Å²) >= 11 is 0. The molecule has 0 aromatic heterocycles. The van der Waals surface area contributed by atoms with Crippen molar-refractivity contribution in [2.75, 3.05) is 13.2 Å². The van der Waals surface area contributed by atoms with E-state index in [0.29, 0.717) is 19.8 Å². The molecule has 1 heterocycles. The predicted octanol–water partition coefficient (Wildman–Crippen LogP) is 5.68. The van der Waals surface area contributed by atoms with E-state index in [4.69, 9.17) is 13.9 Å². The molecule has 2 aliphatic carbocycles. The molecule has 1 aromatic rings. The highest BCUT2D eigenvalue weighted by Gasteiger charge is 2.67. The molecule has 35 heavy (non-hydrogen) atoms. The van der Waals surface area contributed by atoms with Crippen LogP contribution in [0, 0.1) is 16.7 Å². The zero-order valence-electron chi connectivity index (χ0n) is 22.6. The van der Waals surface area contributed by atoms with Crippen molar-refractivity contribution in [1.82, 2.24) is 0 Å². The van der Waals surface area contributed by atoms with E-state index in [-0.39, 0.29) is 28.3 Å². The summed E-state index contributed by atoms with van der Waals surface area (Å²) in [7, 11) is -1.85. The third kappa shape index (κ3) is 4.50. The zero-order valence-corrected chi connectivity index (χ0v) is 23.6. The van der Waals surface area contributed by atoms with Crippen LogP contribution < -0.4 is 0 Å². The molecule has 0 spiro atoms. The summed E-state index contributed by atoms with van der Waals surface area (Å²) < 4.78 is 19.1. The Morgan fingerprint density at radius 3 is 2.40 bits per heavy atom. The molecule has 3 aliphatic rings. The van der Waals surface area contributed by atoms with E-state index in [1.54, 1.807) is 0 Å². The van der Waals surface area contributed by atoms with E-state index in [1.807, 2.05) is 18.2 Å². The second-order valence-corrected chi connectivity index (χ2v) is 17.7. The van der Waals surface area contributed by atoms with Crippen molar-refractivity contribution in [2.45, 2.75) is 96.4 Å². The van der Waals surface area contributed by atoms with E-state index >= 15 is 0 Å². The fourth-order valence-electron chi connectivity index (χ4n) is 5.96. The maximum Gasteiger partial charge on any atom is 0.191 e. The van der Waals surface area contributed by atoms with Gasteiger partial charge >= 0.3 is 0 Å². The topological polar surface area (TPSA) is 65.0 Å². The number of fused-ring (bicyclic) bond motifs is 2. The first-order valence-electron chi connectivity index (χ1n) is 13.1. The highest BCUT2D eigenvalue weighted by atomic mass is 28.4. The molecule has 194 valence electrons. The van der Waals surface area contributed by atoms with Crippen LogP contribution in [0.3, 0.4) is 0 Å². The number of ketones is 1. The number of hydrogen-bond donors (Lipinski definition) is 1. The quantitative estimate of drug-likeness (QED) is 0.349. The lowest BCUT2D eigenvalue weighted by Crippen LogP contribution is -2.59. The van der Waals surface area contributed by atoms with Gasteiger partial charge in [-0.25, -0.2) is 0 Å². The van der Waals surface area contributed by atoms with Gasteiger partial charge in [-0.15, -0.1) is 0 Å². The van der Waals surface area contributed by atoms with Crippen molar-refractivity contribution in [1.29, 1.82) is 0 Å². The van der Waals surface area contributed by atoms with Gasteiger partial charge in [0.15, 0.2) is 14.1 Å². The van der Waals surface area contributed by atoms with Crippen LogP contribution >= 0.6 is 0 Å². The Balaban J connectivity index is 1.54. The lowest BCUT2D eigenvalue weighted by molar-refractivity contribution is -0.243. The Bertz CT molecular complexity index is 950. The third-order valence-electron chi connectivity index (χ3n) is 9.72. The summed E-state index contributed by atoms with van der Waals surface area (Å²) in [5.41, 5.74) is -0.414. The molecule has 2 saturated carbocycles. The summed E-state index contributed by atoms with van der Waals surface area (Å²) in [5.74, 6) is -0.0153. The fourth-order valence-corrected chi connectivity index (χ4v) is 7.02. The minimum absolute atomic E-state index is 0.0206. The standard InChI is InChI=1S/C29H44O5Si/c1-26(2,3)35(6,7)34-18-14-23-29(20-32-23,33-19-21-11-9-8-10-12-21)17-16-28-15-13-22(27(28,4)5)24(30)25(28)31/h8-12,16-17,22-24,30H,13-15,18-20H2,1-7H3/b17-16+/t22-,23-,24-,28-,29+/m1/s1. The SMILES string of the molecule is CC1(C)[C@@H]2CC[C@@]1(/C=C/[C@]1(OCc3ccccc3)CO[C@@H]1CCO[Si](C)(C)C(C)(C)C)C(=O)[C@@H]2O. The maximum atomic E-state index is 13.2. The van der Waals surface area contributed by atoms with Crippen molar-refractivity contribution in [3.63, 3.8) is 0 Å². The van der Waals surface area contributed by atoms with Crippen LogP contribution in [0.2, 0.25) is 18.1 Å². The van der Waals surface area contributed by atoms with E-state index in [2.05, 4.69) is 72.0 Å². The van der Waals surface area contributed by atoms with Crippen LogP contribution in [0.5, 0.6) is 0 Å². The van der Waals surface area contributed by atoms with Crippen LogP contribution in [0.4, 0.5) is 0 Å². The normalized spacial score (nSPS) is 34.5. The molecule has 0 radical (unpaired) electrons. The van der Waals surface area contributed by atoms with Gasteiger partial charge in [0.25, 0.3) is 0 Å². The number of aliphatic hydroxyl groups excluding tert-OH is 1. The number of allylic oxidation sites excluding steroid dienone is 1. The number of hydrogen-bond acceptors (Lipinski definition) is 5. The molecule has 5 nitrogen and oxygen atoms in total. The molecule has 6 heteroatoms. The Morgan fingerprint density at radius 2 is 1.86 bits per heavy atom. The Labute approximate surface area is 212 Å². The molecule has 1 N–H and O–H groups in total. The second-order valence-electron chi connectivity index (χ2n) is 12.9. The summed E-state index contributed by atoms with van der Waals surface area (Å²) in [4.78, 5) is 13.2. The maximum absolute atomic E-state index is 13.2. The van der Waals surface area contributed by atoms with Crippen LogP contribution in [-0.2, 0) is 25.3 Å². The summed E-state index contributed by atoms with van der Waals surface area (Å²) in [5, 5.41) is 10.8. The zero-order chi connectivity index (χ0) is 25.7. The van der Waals surface area contributed by atoms with Gasteiger partial charge in [-0.05, 0) is 54.3 Å². The lowest BCUT2D eigenvalue weighted by Gasteiger charge is -2.48. The summed E-state index contributed by atoms with van der Waals surface area (Å²) in [6.07, 6.45) is 5.56. The van der Waals surface area contributed by atoms with Crippen molar-refractivity contribution in [3.05, 3.63) is 48.0 Å². The van der Waals surface area contributed by atoms with Crippen LogP contribution in [0.1, 0.15) is 59.4 Å². The Kier molecular flexibility index (Phi) is 7.04. The van der Waals surface area contributed by atoms with Gasteiger partial charge in [-0.1, -0.05) is 77.1 Å². The Morgan fingerprint density at radius 1 is 1.17 bits per heavy atom. The number of Topliss-reactive ketones (excluding diaryl/α,β-unsaturated/α-hetero) is 1. The minimum atomic E-state index is -1.85. The van der Waals surface area contributed by atoms with Crippen molar-refractivity contribution in [2.24, 2.45) is 16.7 Å². The summed E-state index contributed by atoms with van der Waals surface area (Å²) in [6.45, 7) is 17.1. The van der Waals surface area contributed by atoms with Crippen LogP contribution in [0.15, 0.2) is 42.5 Å². The van der Waals surface area contributed by atoms with Crippen molar-refractivity contribution < 1.29 is 23.8 Å². The highest BCUT2D eigenvalue weighted by Crippen LogP contribution is 2.64. The Hall–Kier alpha value is -1.31. The smallest absolute Gasteiger partial charge is 0.191 e. The largest absolute Gasteiger partial charge is 0.417 e. The van der Waals surface area contributed by atoms with E-state index in [9.17, 15) is 9.90 Å². The monoisotopic (exact) mass is 500 g/mol. The first kappa shape index (κ1) is 26.7. The van der Waals surface area contributed by atoms with E-state index < -0.39 is 25.4 Å². The van der Waals surface area contributed by atoms with Gasteiger partial charge in [-0.2, -0.15) is 0 Å². The van der Waals surface area contributed by atoms with Crippen LogP contribution in [0.25, 0.3) is 0 Å². The van der Waals surface area contributed by atoms with Gasteiger partial charge in [0.2, 0.25) is 0 Å². The molecule has 1 aliphatic heterocycles. The van der Waals surface area contributed by atoms with Gasteiger partial charge in [0.1, 0.15) is 11.7 Å². The molecule has 4 rings (SSSR count). The van der Waals surface area contributed by atoms with Gasteiger partial charge in [0, 0.05) is 6.61 Å². The number of carbonyl (C=O) groups excluding carboxylic acids is 1. The average Bonchev–Trinajstić information content (AvgIpc) is 3.11. The number of aliphatic hydroxyl groups is 1. The van der Waals surface area contributed by atoms with Crippen molar-refractivity contribution >= 4 is 14.1 Å². The molecule has 0 amide bonds. The van der Waals surface area contributed by atoms with Crippen LogP contribution in [-0.4, -0.2) is 50.2 Å². The second kappa shape index (κ2) is 9.21. The van der Waals surface area contributed by atoms with Gasteiger partial charge in [-0.3, -0.25) is 4.79 Å². The molecule has 0 unspecified atom stereocenters. The molecular formula is C29H44O5Si. The van der Waals surface area contributed by atoms with Gasteiger partial charge in [0.05, 0.1) is 24.7 Å². The predicted molar refractivity (Wildman–Crippen MR) is 141 cm³/mol. The minimum Gasteiger partial charge on any atom is -0.417 e. The molecular weight excluding hydrogens is 456 g/mol. The average molecular weight is 501 g/mol. The number of rotatable bonds is 9. The number of carbonyl (C=O) groups is 1. The first-order valence-corrected chi connectivity index (χ1v) is 16.0. The molecule has 1 aromatic carbocycles. The molecule has 2 bridgehead atoms. The molecule has 5 atom stereocenters. The third-order valence-corrected chi connectivity index (χ3v) is 14.3. The first-order chi connectivity index (χ1) is 16.3. The highest BCUT2D eigenvalue weighted by molar-refractivity contribution is 6.74. The molecule has 1 saturated heterocycles. The lowest BCUT2D eigenvalue weighted by atomic mass is 9.68. The fraction of sp³-hybridized carbons (Fsp3) is 0.690.